The van der Waals surface area contributed by atoms with E-state index in [-0.39, 0.29) is 11.8 Å². The average molecular weight is 384 g/mol. The van der Waals surface area contributed by atoms with Gasteiger partial charge in [-0.1, -0.05) is 72.1 Å². The molecule has 0 aromatic rings. The summed E-state index contributed by atoms with van der Waals surface area (Å²) >= 11 is 0. The van der Waals surface area contributed by atoms with Crippen LogP contribution in [-0.2, 0) is 9.59 Å². The molecule has 27 heavy (non-hydrogen) atoms. The first-order valence-electron chi connectivity index (χ1n) is 11.2. The number of amides is 2. The largest absolute Gasteiger partial charge is 0.344 e. The highest BCUT2D eigenvalue weighted by molar-refractivity contribution is 6.04. The topological polar surface area (TPSA) is 52.7 Å². The Hall–Kier alpha value is -1.10. The zero-order valence-electron chi connectivity index (χ0n) is 18.7. The van der Waals surface area contributed by atoms with Crippen molar-refractivity contribution in [3.63, 3.8) is 0 Å². The number of nitrogens with one attached hydrogen (secondary N) is 1. The van der Waals surface area contributed by atoms with E-state index in [1.54, 1.807) is 9.80 Å². The summed E-state index contributed by atoms with van der Waals surface area (Å²) < 4.78 is 0. The molecule has 2 amide bonds. The summed E-state index contributed by atoms with van der Waals surface area (Å²) in [6.07, 6.45) is 12.6. The monoisotopic (exact) mass is 383 g/mol. The SMILES string of the molecule is CCCCCCCN(C)C(=O)C(NCCC)C(=O)N(C)CCCCCCC. The lowest BCUT2D eigenvalue weighted by atomic mass is 10.1. The molecule has 5 heteroatoms. The number of carbonyl (C=O) groups is 2. The first kappa shape index (κ1) is 25.9. The molecule has 0 heterocycles. The van der Waals surface area contributed by atoms with Crippen LogP contribution in [0, 0.1) is 0 Å². The fourth-order valence-corrected chi connectivity index (χ4v) is 3.14. The van der Waals surface area contributed by atoms with Gasteiger partial charge in [0, 0.05) is 27.2 Å². The van der Waals surface area contributed by atoms with E-state index in [4.69, 9.17) is 0 Å². The van der Waals surface area contributed by atoms with Crippen molar-refractivity contribution in [2.24, 2.45) is 0 Å². The lowest BCUT2D eigenvalue weighted by molar-refractivity contribution is -0.142. The van der Waals surface area contributed by atoms with E-state index in [2.05, 4.69) is 19.2 Å². The van der Waals surface area contributed by atoms with Crippen LogP contribution in [0.2, 0.25) is 0 Å². The fraction of sp³-hybridized carbons (Fsp3) is 0.909. The van der Waals surface area contributed by atoms with Gasteiger partial charge in [-0.25, -0.2) is 0 Å². The third kappa shape index (κ3) is 12.1. The molecular formula is C22H45N3O2. The number of unbranched alkanes of at least 4 members (excludes halogenated alkanes) is 8. The Labute approximate surface area is 168 Å². The molecule has 0 aromatic heterocycles. The van der Waals surface area contributed by atoms with Crippen molar-refractivity contribution in [2.75, 3.05) is 33.7 Å². The zero-order valence-corrected chi connectivity index (χ0v) is 18.7. The number of nitrogens with zero attached hydrogens (tertiary/aromatic N) is 2. The molecule has 0 unspecified atom stereocenters. The van der Waals surface area contributed by atoms with E-state index in [0.717, 1.165) is 45.2 Å². The van der Waals surface area contributed by atoms with Gasteiger partial charge in [0.15, 0.2) is 6.04 Å². The smallest absolute Gasteiger partial charge is 0.249 e. The zero-order chi connectivity index (χ0) is 20.5. The van der Waals surface area contributed by atoms with Gasteiger partial charge >= 0.3 is 0 Å². The van der Waals surface area contributed by atoms with Gasteiger partial charge in [-0.05, 0) is 25.8 Å². The van der Waals surface area contributed by atoms with Gasteiger partial charge in [-0.2, -0.15) is 0 Å². The standard InChI is InChI=1S/C22H45N3O2/c1-6-9-11-13-15-18-24(4)21(26)20(23-17-8-3)22(27)25(5)19-16-14-12-10-7-2/h20,23H,6-19H2,1-5H3. The maximum atomic E-state index is 12.8. The summed E-state index contributed by atoms with van der Waals surface area (Å²) in [6, 6.07) is -0.744. The van der Waals surface area contributed by atoms with Crippen LogP contribution in [0.1, 0.15) is 91.4 Å². The molecule has 0 aromatic carbocycles. The molecule has 0 aliphatic heterocycles. The minimum atomic E-state index is -0.744. The highest BCUT2D eigenvalue weighted by atomic mass is 16.2. The highest BCUT2D eigenvalue weighted by Crippen LogP contribution is 2.07. The molecule has 0 aliphatic carbocycles. The van der Waals surface area contributed by atoms with Gasteiger partial charge in [0.25, 0.3) is 0 Å². The van der Waals surface area contributed by atoms with Crippen LogP contribution in [0.25, 0.3) is 0 Å². The van der Waals surface area contributed by atoms with Crippen molar-refractivity contribution in [1.82, 2.24) is 15.1 Å². The maximum Gasteiger partial charge on any atom is 0.249 e. The molecule has 0 fully saturated rings. The van der Waals surface area contributed by atoms with Crippen molar-refractivity contribution in [3.8, 4) is 0 Å². The molecule has 0 saturated carbocycles. The second-order valence-corrected chi connectivity index (χ2v) is 7.74. The summed E-state index contributed by atoms with van der Waals surface area (Å²) in [5.41, 5.74) is 0. The predicted molar refractivity (Wildman–Crippen MR) is 115 cm³/mol. The van der Waals surface area contributed by atoms with Gasteiger partial charge < -0.3 is 9.80 Å². The second kappa shape index (κ2) is 17.0. The Morgan fingerprint density at radius 2 is 1.07 bits per heavy atom. The Bertz CT molecular complexity index is 356. The van der Waals surface area contributed by atoms with E-state index < -0.39 is 6.04 Å². The number of rotatable bonds is 17. The van der Waals surface area contributed by atoms with Gasteiger partial charge in [0.2, 0.25) is 11.8 Å². The van der Waals surface area contributed by atoms with E-state index in [1.807, 2.05) is 21.0 Å². The van der Waals surface area contributed by atoms with Crippen LogP contribution in [0.15, 0.2) is 0 Å². The van der Waals surface area contributed by atoms with Crippen LogP contribution in [0.3, 0.4) is 0 Å². The van der Waals surface area contributed by atoms with E-state index in [9.17, 15) is 9.59 Å². The third-order valence-electron chi connectivity index (χ3n) is 5.04. The number of hydrogen-bond donors (Lipinski definition) is 1. The molecule has 1 N–H and O–H groups in total. The quantitative estimate of drug-likeness (QED) is 0.302. The van der Waals surface area contributed by atoms with Gasteiger partial charge in [-0.15, -0.1) is 0 Å². The van der Waals surface area contributed by atoms with Crippen LogP contribution < -0.4 is 5.32 Å². The van der Waals surface area contributed by atoms with Crippen molar-refractivity contribution in [1.29, 1.82) is 0 Å². The first-order valence-corrected chi connectivity index (χ1v) is 11.2. The van der Waals surface area contributed by atoms with Gasteiger partial charge in [0.1, 0.15) is 0 Å². The normalized spacial score (nSPS) is 11.0. The molecule has 0 aliphatic rings. The summed E-state index contributed by atoms with van der Waals surface area (Å²) in [5, 5.41) is 3.17. The second-order valence-electron chi connectivity index (χ2n) is 7.74. The van der Waals surface area contributed by atoms with Crippen LogP contribution in [0.4, 0.5) is 0 Å². The maximum absolute atomic E-state index is 12.8. The summed E-state index contributed by atoms with van der Waals surface area (Å²) in [5.74, 6) is -0.191. The van der Waals surface area contributed by atoms with Gasteiger partial charge in [-0.3, -0.25) is 14.9 Å². The van der Waals surface area contributed by atoms with Crippen molar-refractivity contribution >= 4 is 11.8 Å². The predicted octanol–water partition coefficient (Wildman–Crippen LogP) is 4.21. The van der Waals surface area contributed by atoms with Crippen LogP contribution in [0.5, 0.6) is 0 Å². The third-order valence-corrected chi connectivity index (χ3v) is 5.04. The van der Waals surface area contributed by atoms with Crippen molar-refractivity contribution in [2.45, 2.75) is 97.4 Å². The molecule has 0 radical (unpaired) electrons. The first-order chi connectivity index (χ1) is 13.0. The molecule has 5 nitrogen and oxygen atoms in total. The average Bonchev–Trinajstić information content (AvgIpc) is 2.67. The summed E-state index contributed by atoms with van der Waals surface area (Å²) in [6.45, 7) is 8.57. The van der Waals surface area contributed by atoms with E-state index >= 15 is 0 Å². The molecule has 0 spiro atoms. The minimum Gasteiger partial charge on any atom is -0.344 e. The van der Waals surface area contributed by atoms with Gasteiger partial charge in [0.05, 0.1) is 0 Å². The Balaban J connectivity index is 4.54. The Morgan fingerprint density at radius 3 is 1.44 bits per heavy atom. The lowest BCUT2D eigenvalue weighted by Gasteiger charge is -2.27. The number of likely N-dealkylation sites (N-methyl/N-ethyl adjacent to an activating group) is 2. The summed E-state index contributed by atoms with van der Waals surface area (Å²) in [7, 11) is 3.64. The summed E-state index contributed by atoms with van der Waals surface area (Å²) in [4.78, 5) is 29.1. The van der Waals surface area contributed by atoms with Crippen molar-refractivity contribution < 1.29 is 9.59 Å². The van der Waals surface area contributed by atoms with Crippen molar-refractivity contribution in [3.05, 3.63) is 0 Å². The molecule has 0 bridgehead atoms. The molecule has 0 saturated heterocycles. The minimum absolute atomic E-state index is 0.0956. The molecular weight excluding hydrogens is 338 g/mol. The fourth-order valence-electron chi connectivity index (χ4n) is 3.14. The molecule has 0 rings (SSSR count). The van der Waals surface area contributed by atoms with E-state index in [0.29, 0.717) is 6.54 Å². The number of carbonyl (C=O) groups excluding carboxylic acids is 2. The Kier molecular flexibility index (Phi) is 16.3. The molecule has 160 valence electrons. The van der Waals surface area contributed by atoms with Crippen LogP contribution in [-0.4, -0.2) is 61.4 Å². The number of hydrogen-bond acceptors (Lipinski definition) is 3. The highest BCUT2D eigenvalue weighted by Gasteiger charge is 2.30. The van der Waals surface area contributed by atoms with Crippen LogP contribution >= 0.6 is 0 Å². The molecule has 0 atom stereocenters. The lowest BCUT2D eigenvalue weighted by Crippen LogP contribution is -2.54. The van der Waals surface area contributed by atoms with E-state index in [1.165, 1.54) is 38.5 Å². The Morgan fingerprint density at radius 1 is 0.667 bits per heavy atom.